The van der Waals surface area contributed by atoms with Gasteiger partial charge in [-0.1, -0.05) is 0 Å². The number of nitrogens with zero attached hydrogens (tertiary/aromatic N) is 1. The van der Waals surface area contributed by atoms with Gasteiger partial charge in [0.15, 0.2) is 0 Å². The lowest BCUT2D eigenvalue weighted by Crippen LogP contribution is -2.61. The summed E-state index contributed by atoms with van der Waals surface area (Å²) in [5.74, 6) is -1.29. The molecule has 0 saturated carbocycles. The van der Waals surface area contributed by atoms with E-state index in [0.717, 1.165) is 25.3 Å². The van der Waals surface area contributed by atoms with E-state index >= 15 is 0 Å². The molecule has 6 heteroatoms. The largest absolute Gasteiger partial charge is 0.444 e. The standard InChI is InChI=1S/C20H27F2NO3/c1-19(2,3)26-18(24)23-16-5-4-6-17(23)12-20(25,11-16)10-13-7-14(21)9-15(22)8-13/h7-9,16-17,25H,4-6,10-12H2,1-3H3. The quantitative estimate of drug-likeness (QED) is 0.853. The lowest BCUT2D eigenvalue weighted by molar-refractivity contribution is -0.0919. The Hall–Kier alpha value is -1.69. The molecule has 2 unspecified atom stereocenters. The van der Waals surface area contributed by atoms with E-state index in [-0.39, 0.29) is 24.6 Å². The van der Waals surface area contributed by atoms with Crippen LogP contribution in [0.5, 0.6) is 0 Å². The highest BCUT2D eigenvalue weighted by molar-refractivity contribution is 5.69. The van der Waals surface area contributed by atoms with Gasteiger partial charge in [0, 0.05) is 24.6 Å². The molecule has 2 heterocycles. The van der Waals surface area contributed by atoms with Crippen molar-refractivity contribution in [1.29, 1.82) is 0 Å². The van der Waals surface area contributed by atoms with E-state index in [2.05, 4.69) is 0 Å². The summed E-state index contributed by atoms with van der Waals surface area (Å²) in [5.41, 5.74) is -1.21. The second-order valence-corrected chi connectivity index (χ2v) is 8.71. The maximum atomic E-state index is 13.5. The molecule has 2 aliphatic heterocycles. The highest BCUT2D eigenvalue weighted by Gasteiger charge is 2.48. The van der Waals surface area contributed by atoms with Crippen molar-refractivity contribution in [3.8, 4) is 0 Å². The molecule has 26 heavy (non-hydrogen) atoms. The van der Waals surface area contributed by atoms with Crippen LogP contribution in [-0.4, -0.2) is 39.4 Å². The Morgan fingerprint density at radius 3 is 2.23 bits per heavy atom. The number of ether oxygens (including phenoxy) is 1. The van der Waals surface area contributed by atoms with Crippen molar-refractivity contribution >= 4 is 6.09 Å². The molecule has 0 aromatic heterocycles. The third-order valence-electron chi connectivity index (χ3n) is 5.15. The Balaban J connectivity index is 1.77. The first-order valence-corrected chi connectivity index (χ1v) is 9.23. The number of hydrogen-bond donors (Lipinski definition) is 1. The van der Waals surface area contributed by atoms with Gasteiger partial charge >= 0.3 is 6.09 Å². The molecule has 1 aromatic rings. The number of piperidine rings is 2. The van der Waals surface area contributed by atoms with E-state index < -0.39 is 22.8 Å². The number of carbonyl (C=O) groups is 1. The minimum atomic E-state index is -1.07. The van der Waals surface area contributed by atoms with Crippen molar-refractivity contribution in [2.75, 3.05) is 0 Å². The average molecular weight is 367 g/mol. The molecular weight excluding hydrogens is 340 g/mol. The second kappa shape index (κ2) is 6.80. The number of aliphatic hydroxyl groups is 1. The minimum Gasteiger partial charge on any atom is -0.444 e. The van der Waals surface area contributed by atoms with Crippen LogP contribution in [0.3, 0.4) is 0 Å². The normalized spacial score (nSPS) is 28.8. The molecule has 1 aromatic carbocycles. The van der Waals surface area contributed by atoms with Crippen molar-refractivity contribution < 1.29 is 23.4 Å². The van der Waals surface area contributed by atoms with Gasteiger partial charge in [-0.2, -0.15) is 0 Å². The molecule has 2 aliphatic rings. The lowest BCUT2D eigenvalue weighted by atomic mass is 9.73. The zero-order chi connectivity index (χ0) is 19.1. The Bertz CT molecular complexity index is 652. The third-order valence-corrected chi connectivity index (χ3v) is 5.15. The Morgan fingerprint density at radius 1 is 1.19 bits per heavy atom. The smallest absolute Gasteiger partial charge is 0.410 e. The fraction of sp³-hybridized carbons (Fsp3) is 0.650. The number of carbonyl (C=O) groups excluding carboxylic acids is 1. The zero-order valence-corrected chi connectivity index (χ0v) is 15.6. The van der Waals surface area contributed by atoms with Crippen LogP contribution in [-0.2, 0) is 11.2 Å². The summed E-state index contributed by atoms with van der Waals surface area (Å²) in [6, 6.07) is 3.13. The van der Waals surface area contributed by atoms with Gasteiger partial charge < -0.3 is 14.7 Å². The Kier molecular flexibility index (Phi) is 4.99. The van der Waals surface area contributed by atoms with Crippen LogP contribution in [0.1, 0.15) is 58.4 Å². The Labute approximate surface area is 153 Å². The van der Waals surface area contributed by atoms with Gasteiger partial charge in [0.25, 0.3) is 0 Å². The monoisotopic (exact) mass is 367 g/mol. The number of fused-ring (bicyclic) bond motifs is 2. The van der Waals surface area contributed by atoms with E-state index in [9.17, 15) is 18.7 Å². The first kappa shape index (κ1) is 19.1. The summed E-state index contributed by atoms with van der Waals surface area (Å²) in [4.78, 5) is 14.4. The van der Waals surface area contributed by atoms with Gasteiger partial charge in [-0.25, -0.2) is 13.6 Å². The summed E-state index contributed by atoms with van der Waals surface area (Å²) in [7, 11) is 0. The zero-order valence-electron chi connectivity index (χ0n) is 15.6. The van der Waals surface area contributed by atoms with E-state index in [0.29, 0.717) is 18.4 Å². The van der Waals surface area contributed by atoms with E-state index in [1.165, 1.54) is 12.1 Å². The molecule has 2 atom stereocenters. The molecule has 0 spiro atoms. The summed E-state index contributed by atoms with van der Waals surface area (Å²) in [5, 5.41) is 11.1. The van der Waals surface area contributed by atoms with E-state index in [4.69, 9.17) is 4.74 Å². The van der Waals surface area contributed by atoms with Crippen LogP contribution in [0.25, 0.3) is 0 Å². The van der Waals surface area contributed by atoms with Crippen LogP contribution in [0.15, 0.2) is 18.2 Å². The molecule has 3 rings (SSSR count). The van der Waals surface area contributed by atoms with Crippen molar-refractivity contribution in [2.45, 2.75) is 82.6 Å². The van der Waals surface area contributed by atoms with Crippen molar-refractivity contribution in [3.63, 3.8) is 0 Å². The molecule has 4 nitrogen and oxygen atoms in total. The summed E-state index contributed by atoms with van der Waals surface area (Å²) >= 11 is 0. The summed E-state index contributed by atoms with van der Waals surface area (Å²) in [6.45, 7) is 5.50. The van der Waals surface area contributed by atoms with Gasteiger partial charge in [-0.3, -0.25) is 0 Å². The predicted octanol–water partition coefficient (Wildman–Crippen LogP) is 4.19. The number of benzene rings is 1. The number of hydrogen-bond acceptors (Lipinski definition) is 3. The van der Waals surface area contributed by atoms with Crippen LogP contribution in [0.4, 0.5) is 13.6 Å². The number of amides is 1. The molecule has 2 bridgehead atoms. The van der Waals surface area contributed by atoms with Crippen LogP contribution < -0.4 is 0 Å². The fourth-order valence-corrected chi connectivity index (χ4v) is 4.38. The van der Waals surface area contributed by atoms with E-state index in [1.54, 1.807) is 4.90 Å². The fourth-order valence-electron chi connectivity index (χ4n) is 4.38. The van der Waals surface area contributed by atoms with Gasteiger partial charge in [-0.15, -0.1) is 0 Å². The average Bonchev–Trinajstić information content (AvgIpc) is 2.42. The topological polar surface area (TPSA) is 49.8 Å². The molecule has 1 amide bonds. The SMILES string of the molecule is CC(C)(C)OC(=O)N1C2CCCC1CC(O)(Cc1cc(F)cc(F)c1)C2. The molecule has 1 N–H and O–H groups in total. The van der Waals surface area contributed by atoms with Gasteiger partial charge in [0.1, 0.15) is 17.2 Å². The Morgan fingerprint density at radius 2 is 1.73 bits per heavy atom. The lowest BCUT2D eigenvalue weighted by Gasteiger charge is -2.51. The van der Waals surface area contributed by atoms with Gasteiger partial charge in [0.2, 0.25) is 0 Å². The van der Waals surface area contributed by atoms with Crippen LogP contribution >= 0.6 is 0 Å². The van der Waals surface area contributed by atoms with Crippen molar-refractivity contribution in [2.24, 2.45) is 0 Å². The second-order valence-electron chi connectivity index (χ2n) is 8.71. The van der Waals surface area contributed by atoms with Crippen LogP contribution in [0, 0.1) is 11.6 Å². The first-order valence-electron chi connectivity index (χ1n) is 9.23. The minimum absolute atomic E-state index is 0.110. The first-order chi connectivity index (χ1) is 12.0. The van der Waals surface area contributed by atoms with Crippen LogP contribution in [0.2, 0.25) is 0 Å². The third kappa shape index (κ3) is 4.34. The maximum absolute atomic E-state index is 13.5. The molecule has 144 valence electrons. The van der Waals surface area contributed by atoms with Crippen molar-refractivity contribution in [1.82, 2.24) is 4.90 Å². The number of halogens is 2. The van der Waals surface area contributed by atoms with Gasteiger partial charge in [-0.05, 0) is 70.6 Å². The summed E-state index contributed by atoms with van der Waals surface area (Å²) < 4.78 is 32.5. The highest BCUT2D eigenvalue weighted by Crippen LogP contribution is 2.41. The molecule has 0 aliphatic carbocycles. The van der Waals surface area contributed by atoms with E-state index in [1.807, 2.05) is 20.8 Å². The number of rotatable bonds is 2. The predicted molar refractivity (Wildman–Crippen MR) is 93.7 cm³/mol. The molecule has 2 fully saturated rings. The molecular formula is C20H27F2NO3. The highest BCUT2D eigenvalue weighted by atomic mass is 19.1. The molecule has 0 radical (unpaired) electrons. The van der Waals surface area contributed by atoms with Crippen molar-refractivity contribution in [3.05, 3.63) is 35.4 Å². The van der Waals surface area contributed by atoms with Gasteiger partial charge in [0.05, 0.1) is 5.60 Å². The summed E-state index contributed by atoms with van der Waals surface area (Å²) in [6.07, 6.45) is 3.22. The maximum Gasteiger partial charge on any atom is 0.410 e. The molecule has 2 saturated heterocycles.